The first-order chi connectivity index (χ1) is 6.81. The molecule has 0 aromatic carbocycles. The van der Waals surface area contributed by atoms with E-state index in [2.05, 4.69) is 17.5 Å². The summed E-state index contributed by atoms with van der Waals surface area (Å²) in [5.41, 5.74) is 4.00. The fraction of sp³-hybridized carbons (Fsp3) is 0. The number of rotatable bonds is 0. The van der Waals surface area contributed by atoms with Gasteiger partial charge in [0, 0.05) is 0 Å². The molecule has 0 aliphatic carbocycles. The molecule has 0 aromatic heterocycles. The van der Waals surface area contributed by atoms with Crippen LogP contribution < -0.4 is 49.1 Å². The molecule has 0 atom stereocenters. The Balaban J connectivity index is -0.0000000655. The molecule has 0 radical (unpaired) electrons. The SMILES string of the molecule is NNC(=O)[O-].NNC(=O)[O-].NNC(=O)[O-].[Y+3]. The van der Waals surface area contributed by atoms with Gasteiger partial charge in [0.25, 0.3) is 0 Å². The van der Waals surface area contributed by atoms with Crippen LogP contribution in [0.3, 0.4) is 0 Å². The monoisotopic (exact) mass is 314 g/mol. The summed E-state index contributed by atoms with van der Waals surface area (Å²) in [5, 5.41) is 27.1. The van der Waals surface area contributed by atoms with Crippen molar-refractivity contribution < 1.29 is 62.4 Å². The summed E-state index contributed by atoms with van der Waals surface area (Å²) in [6, 6.07) is 0. The first kappa shape index (κ1) is 24.2. The van der Waals surface area contributed by atoms with Gasteiger partial charge in [-0.2, -0.15) is 0 Å². The van der Waals surface area contributed by atoms with E-state index in [9.17, 15) is 0 Å². The summed E-state index contributed by atoms with van der Waals surface area (Å²) >= 11 is 0. The predicted octanol–water partition coefficient (Wildman–Crippen LogP) is -6.62. The Labute approximate surface area is 114 Å². The second kappa shape index (κ2) is 19.4. The van der Waals surface area contributed by atoms with Crippen LogP contribution in [0.5, 0.6) is 0 Å². The van der Waals surface area contributed by atoms with Gasteiger partial charge in [-0.15, -0.1) is 0 Å². The third-order valence-electron chi connectivity index (χ3n) is 0.354. The number of amides is 3. The number of hydrogen-bond donors (Lipinski definition) is 6. The zero-order chi connectivity index (χ0) is 12.9. The van der Waals surface area contributed by atoms with Crippen molar-refractivity contribution in [1.29, 1.82) is 0 Å². The second-order valence-corrected chi connectivity index (χ2v) is 1.30. The van der Waals surface area contributed by atoms with Crippen LogP contribution in [0.1, 0.15) is 0 Å². The maximum atomic E-state index is 9.02. The molecule has 3 amide bonds. The van der Waals surface area contributed by atoms with Crippen LogP contribution in [0.2, 0.25) is 0 Å². The van der Waals surface area contributed by atoms with Crippen molar-refractivity contribution in [2.45, 2.75) is 0 Å². The topological polar surface area (TPSA) is 235 Å². The number of carbonyl (C=O) groups excluding carboxylic acids is 3. The van der Waals surface area contributed by atoms with Gasteiger partial charge in [0.2, 0.25) is 0 Å². The molecule has 0 heterocycles. The van der Waals surface area contributed by atoms with Gasteiger partial charge in [0.05, 0.1) is 0 Å². The molecule has 16 heavy (non-hydrogen) atoms. The molecule has 90 valence electrons. The molecule has 0 spiro atoms. The van der Waals surface area contributed by atoms with Gasteiger partial charge in [-0.3, -0.25) is 0 Å². The molecule has 0 saturated heterocycles. The molecule has 0 saturated carbocycles. The molecule has 0 aliphatic rings. The first-order valence-corrected chi connectivity index (χ1v) is 2.84. The van der Waals surface area contributed by atoms with Gasteiger partial charge >= 0.3 is 32.7 Å². The Morgan fingerprint density at radius 2 is 0.750 bits per heavy atom. The second-order valence-electron chi connectivity index (χ2n) is 1.30. The van der Waals surface area contributed by atoms with Crippen molar-refractivity contribution in [2.24, 2.45) is 17.5 Å². The zero-order valence-corrected chi connectivity index (χ0v) is 10.6. The van der Waals surface area contributed by atoms with Crippen LogP contribution in [0, 0.1) is 0 Å². The maximum absolute atomic E-state index is 9.02. The molecule has 0 aliphatic heterocycles. The Kier molecular flexibility index (Phi) is 29.3. The van der Waals surface area contributed by atoms with Crippen molar-refractivity contribution in [3.63, 3.8) is 0 Å². The van der Waals surface area contributed by atoms with Crippen LogP contribution >= 0.6 is 0 Å². The summed E-state index contributed by atoms with van der Waals surface area (Å²) in [5.74, 6) is 12.8. The molecule has 0 aromatic rings. The van der Waals surface area contributed by atoms with Crippen LogP contribution in [-0.4, -0.2) is 18.3 Å². The third-order valence-corrected chi connectivity index (χ3v) is 0.354. The molecule has 0 fully saturated rings. The number of hydrogen-bond acceptors (Lipinski definition) is 9. The molecular formula is C3H9N6O6Y. The average Bonchev–Trinajstić information content (AvgIpc) is 2.19. The van der Waals surface area contributed by atoms with Gasteiger partial charge < -0.3 is 46.0 Å². The van der Waals surface area contributed by atoms with Gasteiger partial charge in [0.1, 0.15) is 18.3 Å². The van der Waals surface area contributed by atoms with Crippen LogP contribution in [0.4, 0.5) is 14.4 Å². The smallest absolute Gasteiger partial charge is 0.529 e. The molecule has 13 heteroatoms. The van der Waals surface area contributed by atoms with Gasteiger partial charge in [-0.1, -0.05) is 0 Å². The number of carboxylic acid groups (broad SMARTS) is 3. The minimum atomic E-state index is -1.47. The fourth-order valence-electron chi connectivity index (χ4n) is 0. The van der Waals surface area contributed by atoms with E-state index in [1.54, 1.807) is 0 Å². The summed E-state index contributed by atoms with van der Waals surface area (Å²) in [4.78, 5) is 27.1. The van der Waals surface area contributed by atoms with Crippen molar-refractivity contribution in [2.75, 3.05) is 0 Å². The quantitative estimate of drug-likeness (QED) is 0.141. The number of nitrogens with two attached hydrogens (primary N) is 3. The van der Waals surface area contributed by atoms with E-state index in [1.807, 2.05) is 0 Å². The summed E-state index contributed by atoms with van der Waals surface area (Å²) in [7, 11) is 0. The predicted molar refractivity (Wildman–Crippen MR) is 38.2 cm³/mol. The molecular weight excluding hydrogens is 305 g/mol. The van der Waals surface area contributed by atoms with Crippen LogP contribution in [-0.2, 0) is 32.7 Å². The molecule has 0 unspecified atom stereocenters. The van der Waals surface area contributed by atoms with E-state index < -0.39 is 18.3 Å². The number of carbonyl (C=O) groups is 3. The molecule has 12 nitrogen and oxygen atoms in total. The minimum Gasteiger partial charge on any atom is -0.529 e. The van der Waals surface area contributed by atoms with Crippen molar-refractivity contribution >= 4 is 18.3 Å². The van der Waals surface area contributed by atoms with Crippen LogP contribution in [0.15, 0.2) is 0 Å². The van der Waals surface area contributed by atoms with Crippen molar-refractivity contribution in [3.8, 4) is 0 Å². The Morgan fingerprint density at radius 1 is 0.688 bits per heavy atom. The van der Waals surface area contributed by atoms with Gasteiger partial charge in [0.15, 0.2) is 0 Å². The molecule has 0 rings (SSSR count). The maximum Gasteiger partial charge on any atom is 3.00 e. The number of nitrogens with one attached hydrogen (secondary N) is 3. The Morgan fingerprint density at radius 3 is 0.750 bits per heavy atom. The third kappa shape index (κ3) is 77.4. The normalized spacial score (nSPS) is 6.19. The summed E-state index contributed by atoms with van der Waals surface area (Å²) < 4.78 is 0. The zero-order valence-electron chi connectivity index (χ0n) is 7.76. The largest absolute Gasteiger partial charge is 3.00 e. The average molecular weight is 314 g/mol. The van der Waals surface area contributed by atoms with E-state index in [4.69, 9.17) is 29.7 Å². The minimum absolute atomic E-state index is 0. The van der Waals surface area contributed by atoms with Crippen molar-refractivity contribution in [1.82, 2.24) is 16.3 Å². The fourth-order valence-corrected chi connectivity index (χ4v) is 0. The molecule has 0 bridgehead atoms. The van der Waals surface area contributed by atoms with E-state index in [-0.39, 0.29) is 32.7 Å². The van der Waals surface area contributed by atoms with E-state index in [0.29, 0.717) is 0 Å². The van der Waals surface area contributed by atoms with Gasteiger partial charge in [-0.25, -0.2) is 17.5 Å². The van der Waals surface area contributed by atoms with Crippen LogP contribution in [0.25, 0.3) is 0 Å². The van der Waals surface area contributed by atoms with E-state index in [1.165, 1.54) is 16.3 Å². The van der Waals surface area contributed by atoms with E-state index in [0.717, 1.165) is 0 Å². The summed E-state index contributed by atoms with van der Waals surface area (Å²) in [6.45, 7) is 0. The Hall–Kier alpha value is -1.21. The summed E-state index contributed by atoms with van der Waals surface area (Å²) in [6.07, 6.45) is -4.40. The van der Waals surface area contributed by atoms with E-state index >= 15 is 0 Å². The Bertz CT molecular complexity index is 167. The van der Waals surface area contributed by atoms with Crippen molar-refractivity contribution in [3.05, 3.63) is 0 Å². The van der Waals surface area contributed by atoms with Gasteiger partial charge in [-0.05, 0) is 0 Å². The molecule has 9 N–H and O–H groups in total. The first-order valence-electron chi connectivity index (χ1n) is 2.84. The number of hydrazine groups is 3. The standard InChI is InChI=1S/3CH4N2O2.Y/c3*2-3-1(4)5;/h3*3H,2H2,(H,4,5);/q;;;+3/p-3.